The van der Waals surface area contributed by atoms with Gasteiger partial charge in [0.1, 0.15) is 29.8 Å². The van der Waals surface area contributed by atoms with Gasteiger partial charge in [0.25, 0.3) is 5.91 Å². The number of benzene rings is 1. The summed E-state index contributed by atoms with van der Waals surface area (Å²) in [4.78, 5) is 36.8. The van der Waals surface area contributed by atoms with Crippen molar-refractivity contribution in [1.29, 1.82) is 0 Å². The molecule has 0 saturated carbocycles. The molecule has 3 aliphatic rings. The Balaban J connectivity index is 1.46. The smallest absolute Gasteiger partial charge is 0.258 e. The minimum Gasteiger partial charge on any atom is -0.491 e. The Morgan fingerprint density at radius 2 is 2.00 bits per heavy atom. The minimum atomic E-state index is -0.523. The monoisotopic (exact) mass is 523 g/mol. The van der Waals surface area contributed by atoms with Gasteiger partial charge < -0.3 is 29.9 Å². The average Bonchev–Trinajstić information content (AvgIpc) is 3.32. The highest BCUT2D eigenvalue weighted by Crippen LogP contribution is 2.35. The first kappa shape index (κ1) is 24.4. The summed E-state index contributed by atoms with van der Waals surface area (Å²) < 4.78 is 21.8. The summed E-state index contributed by atoms with van der Waals surface area (Å²) in [5, 5.41) is 17.5. The van der Waals surface area contributed by atoms with E-state index in [4.69, 9.17) is 14.8 Å². The van der Waals surface area contributed by atoms with Gasteiger partial charge >= 0.3 is 0 Å². The lowest BCUT2D eigenvalue weighted by Crippen LogP contribution is -2.51. The van der Waals surface area contributed by atoms with Crippen LogP contribution in [-0.4, -0.2) is 88.9 Å². The van der Waals surface area contributed by atoms with Crippen LogP contribution in [0.15, 0.2) is 30.3 Å². The maximum atomic E-state index is 14.2. The lowest BCUT2D eigenvalue weighted by Gasteiger charge is -2.37. The zero-order chi connectivity index (χ0) is 26.4. The number of halogens is 1. The van der Waals surface area contributed by atoms with Crippen LogP contribution in [0.1, 0.15) is 41.4 Å². The SMILES string of the molecule is CN1CC(=O)NCCOc2ccc(F)cc2C(=O)N2CCCCC2c2cc3nc(N4CC(O)C4)cc1n3n2. The highest BCUT2D eigenvalue weighted by Gasteiger charge is 2.33. The highest BCUT2D eigenvalue weighted by molar-refractivity contribution is 5.97. The van der Waals surface area contributed by atoms with Crippen LogP contribution in [-0.2, 0) is 4.79 Å². The molecule has 38 heavy (non-hydrogen) atoms. The van der Waals surface area contributed by atoms with E-state index in [1.54, 1.807) is 14.3 Å². The Morgan fingerprint density at radius 1 is 1.16 bits per heavy atom. The maximum absolute atomic E-state index is 14.2. The molecule has 1 atom stereocenters. The van der Waals surface area contributed by atoms with Gasteiger partial charge in [-0.15, -0.1) is 0 Å². The number of β-amino-alcohol motifs (C(OH)–C–C–N with tert-alkyl or cyclic N) is 1. The van der Waals surface area contributed by atoms with Crippen molar-refractivity contribution in [3.8, 4) is 5.75 Å². The number of aliphatic hydroxyl groups is 1. The Morgan fingerprint density at radius 3 is 2.82 bits per heavy atom. The maximum Gasteiger partial charge on any atom is 0.258 e. The topological polar surface area (TPSA) is 116 Å². The van der Waals surface area contributed by atoms with E-state index in [0.717, 1.165) is 12.8 Å². The van der Waals surface area contributed by atoms with E-state index in [1.165, 1.54) is 18.2 Å². The Kier molecular flexibility index (Phi) is 6.26. The lowest BCUT2D eigenvalue weighted by atomic mass is 9.98. The number of ether oxygens (including phenoxy) is 1. The van der Waals surface area contributed by atoms with Crippen molar-refractivity contribution in [2.24, 2.45) is 0 Å². The third-order valence-corrected chi connectivity index (χ3v) is 7.33. The van der Waals surface area contributed by atoms with Crippen LogP contribution in [0.3, 0.4) is 0 Å². The van der Waals surface area contributed by atoms with Gasteiger partial charge in [0, 0.05) is 38.8 Å². The number of rotatable bonds is 1. The normalized spacial score (nSPS) is 21.1. The Labute approximate surface area is 218 Å². The number of hydrogen-bond donors (Lipinski definition) is 2. The van der Waals surface area contributed by atoms with Crippen molar-refractivity contribution in [1.82, 2.24) is 24.8 Å². The Hall–Kier alpha value is -3.93. The lowest BCUT2D eigenvalue weighted by molar-refractivity contribution is -0.119. The number of fused-ring (bicyclic) bond motifs is 4. The fourth-order valence-electron chi connectivity index (χ4n) is 5.34. The number of carbonyl (C=O) groups excluding carboxylic acids is 2. The first-order valence-corrected chi connectivity index (χ1v) is 12.9. The van der Waals surface area contributed by atoms with E-state index >= 15 is 0 Å². The molecular formula is C26H30FN7O4. The molecule has 0 spiro atoms. The quantitative estimate of drug-likeness (QED) is 0.492. The van der Waals surface area contributed by atoms with E-state index in [9.17, 15) is 19.1 Å². The molecule has 3 aromatic rings. The number of hydrogen-bond acceptors (Lipinski definition) is 8. The largest absolute Gasteiger partial charge is 0.491 e. The number of amides is 2. The highest BCUT2D eigenvalue weighted by atomic mass is 19.1. The van der Waals surface area contributed by atoms with E-state index in [0.29, 0.717) is 49.0 Å². The predicted octanol–water partition coefficient (Wildman–Crippen LogP) is 1.36. The fraction of sp³-hybridized carbons (Fsp3) is 0.462. The Bertz CT molecular complexity index is 1390. The molecule has 3 aliphatic heterocycles. The van der Waals surface area contributed by atoms with Gasteiger partial charge in [-0.3, -0.25) is 9.59 Å². The third-order valence-electron chi connectivity index (χ3n) is 7.33. The van der Waals surface area contributed by atoms with Gasteiger partial charge in [-0.25, -0.2) is 9.37 Å². The van der Waals surface area contributed by atoms with Crippen LogP contribution in [0, 0.1) is 5.82 Å². The number of piperidine rings is 1. The molecule has 6 rings (SSSR count). The van der Waals surface area contributed by atoms with Crippen molar-refractivity contribution in [2.75, 3.05) is 56.2 Å². The van der Waals surface area contributed by atoms with Crippen LogP contribution in [0.4, 0.5) is 16.0 Å². The summed E-state index contributed by atoms with van der Waals surface area (Å²) in [6.45, 7) is 1.90. The van der Waals surface area contributed by atoms with Crippen molar-refractivity contribution in [3.05, 3.63) is 47.4 Å². The van der Waals surface area contributed by atoms with Crippen molar-refractivity contribution in [2.45, 2.75) is 31.4 Å². The van der Waals surface area contributed by atoms with Gasteiger partial charge in [0.05, 0.1) is 36.5 Å². The number of anilines is 2. The van der Waals surface area contributed by atoms with Crippen LogP contribution in [0.5, 0.6) is 5.75 Å². The molecule has 2 saturated heterocycles. The molecule has 11 nitrogen and oxygen atoms in total. The molecule has 12 heteroatoms. The average molecular weight is 524 g/mol. The summed E-state index contributed by atoms with van der Waals surface area (Å²) >= 11 is 0. The molecule has 0 aliphatic carbocycles. The summed E-state index contributed by atoms with van der Waals surface area (Å²) in [5.74, 6) is 0.569. The number of aliphatic hydroxyl groups excluding tert-OH is 1. The zero-order valence-corrected chi connectivity index (χ0v) is 21.1. The molecule has 2 bridgehead atoms. The number of likely N-dealkylation sites (N-methyl/N-ethyl adjacent to an activating group) is 1. The van der Waals surface area contributed by atoms with Crippen molar-refractivity contribution in [3.63, 3.8) is 0 Å². The van der Waals surface area contributed by atoms with Crippen molar-refractivity contribution >= 4 is 29.1 Å². The molecule has 200 valence electrons. The summed E-state index contributed by atoms with van der Waals surface area (Å²) in [5.41, 5.74) is 1.41. The number of nitrogens with zero attached hydrogens (tertiary/aromatic N) is 6. The molecular weight excluding hydrogens is 493 g/mol. The third kappa shape index (κ3) is 4.49. The van der Waals surface area contributed by atoms with Crippen LogP contribution < -0.4 is 19.9 Å². The summed E-state index contributed by atoms with van der Waals surface area (Å²) in [6, 6.07) is 7.33. The van der Waals surface area contributed by atoms with Crippen LogP contribution in [0.2, 0.25) is 0 Å². The van der Waals surface area contributed by atoms with Gasteiger partial charge in [0.2, 0.25) is 5.91 Å². The molecule has 2 aromatic heterocycles. The number of aromatic nitrogens is 3. The van der Waals surface area contributed by atoms with Crippen LogP contribution >= 0.6 is 0 Å². The number of carbonyl (C=O) groups is 2. The first-order valence-electron chi connectivity index (χ1n) is 12.9. The van der Waals surface area contributed by atoms with Gasteiger partial charge in [0.15, 0.2) is 5.65 Å². The van der Waals surface area contributed by atoms with Gasteiger partial charge in [-0.05, 0) is 37.5 Å². The molecule has 0 radical (unpaired) electrons. The second kappa shape index (κ2) is 9.75. The fourth-order valence-corrected chi connectivity index (χ4v) is 5.34. The predicted molar refractivity (Wildman–Crippen MR) is 137 cm³/mol. The minimum absolute atomic E-state index is 0.0756. The second-order valence-electron chi connectivity index (χ2n) is 10.1. The van der Waals surface area contributed by atoms with Gasteiger partial charge in [-0.1, -0.05) is 0 Å². The van der Waals surface area contributed by atoms with Gasteiger partial charge in [-0.2, -0.15) is 9.61 Å². The van der Waals surface area contributed by atoms with E-state index in [1.807, 2.05) is 24.1 Å². The zero-order valence-electron chi connectivity index (χ0n) is 21.1. The summed E-state index contributed by atoms with van der Waals surface area (Å²) in [7, 11) is 1.81. The van der Waals surface area contributed by atoms with E-state index in [2.05, 4.69) is 5.32 Å². The molecule has 1 unspecified atom stereocenters. The molecule has 2 N–H and O–H groups in total. The van der Waals surface area contributed by atoms with Crippen molar-refractivity contribution < 1.29 is 23.8 Å². The summed E-state index contributed by atoms with van der Waals surface area (Å²) in [6.07, 6.45) is 2.07. The standard InChI is InChI=1S/C26H30FN7O4/c1-31-15-24(36)28-7-9-38-21-6-5-16(27)10-18(21)26(37)33-8-3-2-4-20(33)19-11-23-29-22(32-13-17(35)14-32)12-25(31)34(23)30-19/h5-6,10-12,17,20,35H,2-4,7-9,13-15H2,1H3,(H,28,36). The molecule has 5 heterocycles. The van der Waals surface area contributed by atoms with E-state index < -0.39 is 11.9 Å². The second-order valence-corrected chi connectivity index (χ2v) is 10.1. The molecule has 1 aromatic carbocycles. The van der Waals surface area contributed by atoms with Crippen LogP contribution in [0.25, 0.3) is 5.65 Å². The van der Waals surface area contributed by atoms with E-state index in [-0.39, 0.29) is 48.9 Å². The number of nitrogens with one attached hydrogen (secondary N) is 1. The first-order chi connectivity index (χ1) is 18.4. The molecule has 2 fully saturated rings. The molecule has 2 amide bonds.